The van der Waals surface area contributed by atoms with Gasteiger partial charge in [0.15, 0.2) is 0 Å². The molecule has 1 atom stereocenters. The molecule has 1 aliphatic heterocycles. The highest BCUT2D eigenvalue weighted by atomic mass is 16.5. The van der Waals surface area contributed by atoms with Gasteiger partial charge in [-0.2, -0.15) is 0 Å². The molecule has 3 N–H and O–H groups in total. The van der Waals surface area contributed by atoms with E-state index in [1.165, 1.54) is 12.0 Å². The third kappa shape index (κ3) is 2.83. The molecule has 4 nitrogen and oxygen atoms in total. The summed E-state index contributed by atoms with van der Waals surface area (Å²) in [6.45, 7) is 2.67. The van der Waals surface area contributed by atoms with Crippen LogP contribution in [0.2, 0.25) is 0 Å². The molecule has 0 saturated carbocycles. The molecule has 0 aliphatic carbocycles. The number of nitrogens with two attached hydrogens (primary N) is 1. The maximum atomic E-state index is 9.31. The zero-order chi connectivity index (χ0) is 13.0. The number of benzene rings is 1. The first kappa shape index (κ1) is 13.3. The van der Waals surface area contributed by atoms with Crippen molar-refractivity contribution in [1.29, 1.82) is 0 Å². The van der Waals surface area contributed by atoms with Gasteiger partial charge in [-0.1, -0.05) is 12.1 Å². The fraction of sp³-hybridized carbons (Fsp3) is 0.571. The summed E-state index contributed by atoms with van der Waals surface area (Å²) in [7, 11) is 1.67. The van der Waals surface area contributed by atoms with Crippen molar-refractivity contribution in [1.82, 2.24) is 4.90 Å². The summed E-state index contributed by atoms with van der Waals surface area (Å²) in [5.41, 5.74) is 7.90. The third-order valence-electron chi connectivity index (χ3n) is 3.67. The number of methoxy groups -OCH3 is 1. The lowest BCUT2D eigenvalue weighted by Gasteiger charge is -2.23. The Morgan fingerprint density at radius 2 is 2.33 bits per heavy atom. The lowest BCUT2D eigenvalue weighted by atomic mass is 10.1. The van der Waals surface area contributed by atoms with E-state index in [9.17, 15) is 5.11 Å². The van der Waals surface area contributed by atoms with Gasteiger partial charge in [0.2, 0.25) is 0 Å². The van der Waals surface area contributed by atoms with Crippen molar-refractivity contribution in [2.75, 3.05) is 20.3 Å². The van der Waals surface area contributed by atoms with Crippen LogP contribution in [0.1, 0.15) is 24.0 Å². The molecule has 2 rings (SSSR count). The average Bonchev–Trinajstić information content (AvgIpc) is 2.85. The van der Waals surface area contributed by atoms with E-state index in [0.29, 0.717) is 12.6 Å². The maximum absolute atomic E-state index is 9.31. The van der Waals surface area contributed by atoms with E-state index in [-0.39, 0.29) is 6.61 Å². The lowest BCUT2D eigenvalue weighted by Crippen LogP contribution is -2.31. The van der Waals surface area contributed by atoms with Crippen molar-refractivity contribution in [3.63, 3.8) is 0 Å². The molecule has 1 aromatic carbocycles. The topological polar surface area (TPSA) is 58.7 Å². The van der Waals surface area contributed by atoms with Gasteiger partial charge in [0.1, 0.15) is 5.75 Å². The monoisotopic (exact) mass is 250 g/mol. The first-order valence-corrected chi connectivity index (χ1v) is 6.49. The van der Waals surface area contributed by atoms with Gasteiger partial charge in [-0.3, -0.25) is 4.90 Å². The molecular weight excluding hydrogens is 228 g/mol. The Balaban J connectivity index is 2.09. The van der Waals surface area contributed by atoms with Crippen molar-refractivity contribution in [3.05, 3.63) is 29.3 Å². The molecule has 4 heteroatoms. The zero-order valence-corrected chi connectivity index (χ0v) is 10.9. The van der Waals surface area contributed by atoms with Gasteiger partial charge in [-0.15, -0.1) is 0 Å². The summed E-state index contributed by atoms with van der Waals surface area (Å²) < 4.78 is 5.35. The van der Waals surface area contributed by atoms with Crippen molar-refractivity contribution < 1.29 is 9.84 Å². The fourth-order valence-electron chi connectivity index (χ4n) is 2.60. The zero-order valence-electron chi connectivity index (χ0n) is 10.9. The minimum atomic E-state index is 0.248. The van der Waals surface area contributed by atoms with Crippen LogP contribution in [0, 0.1) is 0 Å². The molecule has 1 unspecified atom stereocenters. The van der Waals surface area contributed by atoms with Crippen LogP contribution >= 0.6 is 0 Å². The Morgan fingerprint density at radius 1 is 1.50 bits per heavy atom. The Kier molecular flexibility index (Phi) is 4.58. The van der Waals surface area contributed by atoms with E-state index in [0.717, 1.165) is 30.8 Å². The van der Waals surface area contributed by atoms with Crippen LogP contribution in [0.5, 0.6) is 5.75 Å². The summed E-state index contributed by atoms with van der Waals surface area (Å²) in [6.07, 6.45) is 2.26. The molecule has 0 aromatic heterocycles. The number of likely N-dealkylation sites (tertiary alicyclic amines) is 1. The molecular formula is C14H22N2O2. The second kappa shape index (κ2) is 6.18. The predicted octanol–water partition coefficient (Wildman–Crippen LogP) is 1.11. The summed E-state index contributed by atoms with van der Waals surface area (Å²) >= 11 is 0. The highest BCUT2D eigenvalue weighted by Crippen LogP contribution is 2.24. The third-order valence-corrected chi connectivity index (χ3v) is 3.67. The fourth-order valence-corrected chi connectivity index (χ4v) is 2.60. The van der Waals surface area contributed by atoms with Gasteiger partial charge in [0, 0.05) is 24.7 Å². The van der Waals surface area contributed by atoms with E-state index < -0.39 is 0 Å². The van der Waals surface area contributed by atoms with Gasteiger partial charge >= 0.3 is 0 Å². The molecule has 0 bridgehead atoms. The number of hydrogen-bond acceptors (Lipinski definition) is 4. The van der Waals surface area contributed by atoms with Crippen LogP contribution in [0.15, 0.2) is 18.2 Å². The van der Waals surface area contributed by atoms with E-state index in [1.54, 1.807) is 7.11 Å². The van der Waals surface area contributed by atoms with Crippen molar-refractivity contribution in [2.45, 2.75) is 32.0 Å². The van der Waals surface area contributed by atoms with Crippen LogP contribution in [-0.2, 0) is 13.1 Å². The lowest BCUT2D eigenvalue weighted by molar-refractivity contribution is 0.153. The molecule has 1 heterocycles. The predicted molar refractivity (Wildman–Crippen MR) is 71.4 cm³/mol. The Hall–Kier alpha value is -1.10. The molecule has 0 amide bonds. The smallest absolute Gasteiger partial charge is 0.123 e. The minimum Gasteiger partial charge on any atom is -0.496 e. The SMILES string of the molecule is COc1cc(CN2CCCC2CO)ccc1CN. The van der Waals surface area contributed by atoms with E-state index in [2.05, 4.69) is 17.0 Å². The molecule has 0 radical (unpaired) electrons. The number of aliphatic hydroxyl groups is 1. The maximum Gasteiger partial charge on any atom is 0.123 e. The van der Waals surface area contributed by atoms with Crippen LogP contribution in [0.4, 0.5) is 0 Å². The van der Waals surface area contributed by atoms with E-state index >= 15 is 0 Å². The van der Waals surface area contributed by atoms with Gasteiger partial charge in [-0.05, 0) is 31.0 Å². The highest BCUT2D eigenvalue weighted by Gasteiger charge is 2.23. The molecule has 100 valence electrons. The summed E-state index contributed by atoms with van der Waals surface area (Å²) in [4.78, 5) is 2.33. The molecule has 1 aliphatic rings. The van der Waals surface area contributed by atoms with E-state index in [4.69, 9.17) is 10.5 Å². The van der Waals surface area contributed by atoms with Gasteiger partial charge in [0.05, 0.1) is 13.7 Å². The van der Waals surface area contributed by atoms with Crippen LogP contribution in [-0.4, -0.2) is 36.3 Å². The molecule has 0 spiro atoms. The van der Waals surface area contributed by atoms with Crippen molar-refractivity contribution >= 4 is 0 Å². The van der Waals surface area contributed by atoms with Gasteiger partial charge in [-0.25, -0.2) is 0 Å². The largest absolute Gasteiger partial charge is 0.496 e. The minimum absolute atomic E-state index is 0.248. The number of nitrogens with zero attached hydrogens (tertiary/aromatic N) is 1. The Labute approximate surface area is 108 Å². The van der Waals surface area contributed by atoms with Crippen molar-refractivity contribution in [2.24, 2.45) is 5.73 Å². The van der Waals surface area contributed by atoms with Gasteiger partial charge < -0.3 is 15.6 Å². The normalized spacial score (nSPS) is 20.3. The summed E-state index contributed by atoms with van der Waals surface area (Å²) in [5, 5.41) is 9.31. The quantitative estimate of drug-likeness (QED) is 0.822. The second-order valence-electron chi connectivity index (χ2n) is 4.80. The Bertz CT molecular complexity index is 395. The number of aliphatic hydroxyl groups excluding tert-OH is 1. The molecule has 18 heavy (non-hydrogen) atoms. The van der Waals surface area contributed by atoms with Gasteiger partial charge in [0.25, 0.3) is 0 Å². The van der Waals surface area contributed by atoms with Crippen molar-refractivity contribution in [3.8, 4) is 5.75 Å². The van der Waals surface area contributed by atoms with Crippen LogP contribution < -0.4 is 10.5 Å². The number of rotatable bonds is 5. The Morgan fingerprint density at radius 3 is 3.00 bits per heavy atom. The highest BCUT2D eigenvalue weighted by molar-refractivity contribution is 5.37. The summed E-state index contributed by atoms with van der Waals surface area (Å²) in [5.74, 6) is 0.856. The number of ether oxygens (including phenoxy) is 1. The molecule has 1 saturated heterocycles. The molecule has 1 aromatic rings. The first-order chi connectivity index (χ1) is 8.78. The number of hydrogen-bond donors (Lipinski definition) is 2. The average molecular weight is 250 g/mol. The summed E-state index contributed by atoms with van der Waals surface area (Å²) in [6, 6.07) is 6.48. The molecule has 1 fully saturated rings. The van der Waals surface area contributed by atoms with Crippen LogP contribution in [0.25, 0.3) is 0 Å². The van der Waals surface area contributed by atoms with Crippen LogP contribution in [0.3, 0.4) is 0 Å². The first-order valence-electron chi connectivity index (χ1n) is 6.49. The second-order valence-corrected chi connectivity index (χ2v) is 4.80. The standard InChI is InChI=1S/C14H22N2O2/c1-18-14-7-11(4-5-12(14)8-15)9-16-6-2-3-13(16)10-17/h4-5,7,13,17H,2-3,6,8-10,15H2,1H3. The van der Waals surface area contributed by atoms with E-state index in [1.807, 2.05) is 6.07 Å².